The molecule has 0 unspecified atom stereocenters. The molecule has 3 N–H and O–H groups in total. The van der Waals surface area contributed by atoms with Crippen LogP contribution in [0.3, 0.4) is 0 Å². The highest BCUT2D eigenvalue weighted by atomic mass is 127. The van der Waals surface area contributed by atoms with Gasteiger partial charge >= 0.3 is 0 Å². The predicted octanol–water partition coefficient (Wildman–Crippen LogP) is 3.55. The molecule has 0 aliphatic rings. The number of rotatable bonds is 8. The van der Waals surface area contributed by atoms with E-state index < -0.39 is 0 Å². The van der Waals surface area contributed by atoms with Gasteiger partial charge in [0, 0.05) is 51.0 Å². The molecule has 30 heavy (non-hydrogen) atoms. The SMILES string of the molecule is CN=C(NCCCn1ccc2ccccc21)NCCC(=O)Nc1ccc(C)cn1.I. The van der Waals surface area contributed by atoms with Crippen molar-refractivity contribution in [2.24, 2.45) is 4.99 Å². The number of hydrogen-bond acceptors (Lipinski definition) is 3. The summed E-state index contributed by atoms with van der Waals surface area (Å²) in [6, 6.07) is 14.2. The van der Waals surface area contributed by atoms with Crippen molar-refractivity contribution in [3.63, 3.8) is 0 Å². The van der Waals surface area contributed by atoms with Crippen LogP contribution >= 0.6 is 24.0 Å². The van der Waals surface area contributed by atoms with Gasteiger partial charge in [-0.25, -0.2) is 4.98 Å². The maximum absolute atomic E-state index is 12.0. The molecule has 0 bridgehead atoms. The van der Waals surface area contributed by atoms with Gasteiger partial charge in [-0.15, -0.1) is 24.0 Å². The minimum Gasteiger partial charge on any atom is -0.356 e. The molecule has 1 amide bonds. The Morgan fingerprint density at radius 1 is 1.10 bits per heavy atom. The number of nitrogens with zero attached hydrogens (tertiary/aromatic N) is 3. The Kier molecular flexibility index (Phi) is 9.59. The van der Waals surface area contributed by atoms with E-state index in [1.54, 1.807) is 19.3 Å². The second kappa shape index (κ2) is 12.2. The van der Waals surface area contributed by atoms with Gasteiger partial charge in [0.05, 0.1) is 0 Å². The number of carbonyl (C=O) groups is 1. The van der Waals surface area contributed by atoms with E-state index in [1.807, 2.05) is 13.0 Å². The molecular formula is C22H29IN6O. The number of guanidine groups is 1. The maximum Gasteiger partial charge on any atom is 0.227 e. The number of benzene rings is 1. The van der Waals surface area contributed by atoms with Crippen LogP contribution in [0.15, 0.2) is 59.9 Å². The Balaban J connectivity index is 0.00000320. The highest BCUT2D eigenvalue weighted by Gasteiger charge is 2.05. The summed E-state index contributed by atoms with van der Waals surface area (Å²) in [7, 11) is 1.73. The summed E-state index contributed by atoms with van der Waals surface area (Å²) in [6.45, 7) is 4.19. The number of hydrogen-bond donors (Lipinski definition) is 3. The van der Waals surface area contributed by atoms with E-state index in [1.165, 1.54) is 10.9 Å². The number of halogens is 1. The normalized spacial score (nSPS) is 11.1. The van der Waals surface area contributed by atoms with Crippen molar-refractivity contribution in [2.45, 2.75) is 26.3 Å². The highest BCUT2D eigenvalue weighted by molar-refractivity contribution is 14.0. The number of anilines is 1. The lowest BCUT2D eigenvalue weighted by molar-refractivity contribution is -0.116. The predicted molar refractivity (Wildman–Crippen MR) is 134 cm³/mol. The number of aliphatic imine (C=N–C) groups is 1. The topological polar surface area (TPSA) is 83.3 Å². The lowest BCUT2D eigenvalue weighted by Gasteiger charge is -2.12. The van der Waals surface area contributed by atoms with Crippen LogP contribution in [-0.4, -0.2) is 41.6 Å². The summed E-state index contributed by atoms with van der Waals surface area (Å²) in [5.41, 5.74) is 2.31. The lowest BCUT2D eigenvalue weighted by atomic mass is 10.2. The zero-order valence-electron chi connectivity index (χ0n) is 17.4. The Hall–Kier alpha value is -2.62. The monoisotopic (exact) mass is 520 g/mol. The van der Waals surface area contributed by atoms with Crippen LogP contribution in [0.25, 0.3) is 10.9 Å². The van der Waals surface area contributed by atoms with Crippen LogP contribution in [0, 0.1) is 6.92 Å². The molecule has 0 aliphatic carbocycles. The van der Waals surface area contributed by atoms with Crippen molar-refractivity contribution >= 4 is 52.6 Å². The molecule has 0 fully saturated rings. The van der Waals surface area contributed by atoms with Crippen LogP contribution in [0.4, 0.5) is 5.82 Å². The van der Waals surface area contributed by atoms with Crippen molar-refractivity contribution in [2.75, 3.05) is 25.5 Å². The van der Waals surface area contributed by atoms with Gasteiger partial charge in [0.1, 0.15) is 5.82 Å². The van der Waals surface area contributed by atoms with Gasteiger partial charge in [-0.05, 0) is 42.5 Å². The number of amides is 1. The van der Waals surface area contributed by atoms with Crippen LogP contribution in [0.5, 0.6) is 0 Å². The first-order chi connectivity index (χ1) is 14.2. The number of fused-ring (bicyclic) bond motifs is 1. The number of pyridine rings is 1. The minimum absolute atomic E-state index is 0. The van der Waals surface area contributed by atoms with Crippen LogP contribution in [-0.2, 0) is 11.3 Å². The van der Waals surface area contributed by atoms with Gasteiger partial charge in [-0.2, -0.15) is 0 Å². The molecule has 0 aliphatic heterocycles. The third kappa shape index (κ3) is 7.01. The molecule has 1 aromatic carbocycles. The summed E-state index contributed by atoms with van der Waals surface area (Å²) in [5, 5.41) is 10.5. The summed E-state index contributed by atoms with van der Waals surface area (Å²) >= 11 is 0. The quantitative estimate of drug-likeness (QED) is 0.184. The fourth-order valence-corrected chi connectivity index (χ4v) is 3.05. The van der Waals surface area contributed by atoms with Crippen molar-refractivity contribution in [3.8, 4) is 0 Å². The molecule has 8 heteroatoms. The molecule has 3 rings (SSSR count). The highest BCUT2D eigenvalue weighted by Crippen LogP contribution is 2.15. The average Bonchev–Trinajstić information content (AvgIpc) is 3.14. The van der Waals surface area contributed by atoms with E-state index in [-0.39, 0.29) is 29.9 Å². The van der Waals surface area contributed by atoms with Crippen LogP contribution < -0.4 is 16.0 Å². The molecule has 2 aromatic heterocycles. The number of nitrogens with one attached hydrogen (secondary N) is 3. The van der Waals surface area contributed by atoms with Gasteiger partial charge in [0.25, 0.3) is 0 Å². The maximum atomic E-state index is 12.0. The molecule has 0 radical (unpaired) electrons. The van der Waals surface area contributed by atoms with Crippen molar-refractivity contribution in [1.29, 1.82) is 0 Å². The summed E-state index contributed by atoms with van der Waals surface area (Å²) in [5.74, 6) is 1.19. The number of carbonyl (C=O) groups excluding carboxylic acids is 1. The Labute approximate surface area is 194 Å². The van der Waals surface area contributed by atoms with Crippen molar-refractivity contribution < 1.29 is 4.79 Å². The lowest BCUT2D eigenvalue weighted by Crippen LogP contribution is -2.39. The number of aryl methyl sites for hydroxylation is 2. The summed E-state index contributed by atoms with van der Waals surface area (Å²) in [4.78, 5) is 20.4. The first-order valence-electron chi connectivity index (χ1n) is 9.86. The van der Waals surface area contributed by atoms with Gasteiger partial charge in [0.15, 0.2) is 5.96 Å². The van der Waals surface area contributed by atoms with E-state index in [4.69, 9.17) is 0 Å². The third-order valence-electron chi connectivity index (χ3n) is 4.60. The molecule has 160 valence electrons. The van der Waals surface area contributed by atoms with Crippen LogP contribution in [0.1, 0.15) is 18.4 Å². The van der Waals surface area contributed by atoms with E-state index in [0.29, 0.717) is 24.7 Å². The summed E-state index contributed by atoms with van der Waals surface area (Å²) < 4.78 is 2.26. The fourth-order valence-electron chi connectivity index (χ4n) is 3.05. The summed E-state index contributed by atoms with van der Waals surface area (Å²) in [6.07, 6.45) is 5.17. The Morgan fingerprint density at radius 3 is 2.67 bits per heavy atom. The third-order valence-corrected chi connectivity index (χ3v) is 4.60. The number of aromatic nitrogens is 2. The van der Waals surface area contributed by atoms with Gasteiger partial charge < -0.3 is 20.5 Å². The van der Waals surface area contributed by atoms with Gasteiger partial charge in [0.2, 0.25) is 5.91 Å². The van der Waals surface area contributed by atoms with E-state index in [9.17, 15) is 4.79 Å². The van der Waals surface area contributed by atoms with Gasteiger partial charge in [-0.3, -0.25) is 9.79 Å². The van der Waals surface area contributed by atoms with Crippen LogP contribution in [0.2, 0.25) is 0 Å². The molecule has 0 saturated carbocycles. The molecular weight excluding hydrogens is 491 g/mol. The first-order valence-corrected chi connectivity index (χ1v) is 9.86. The molecule has 3 aromatic rings. The largest absolute Gasteiger partial charge is 0.356 e. The van der Waals surface area contributed by atoms with Gasteiger partial charge in [-0.1, -0.05) is 24.3 Å². The average molecular weight is 520 g/mol. The minimum atomic E-state index is -0.0798. The second-order valence-electron chi connectivity index (χ2n) is 6.87. The molecule has 0 saturated heterocycles. The zero-order chi connectivity index (χ0) is 20.5. The second-order valence-corrected chi connectivity index (χ2v) is 6.87. The van der Waals surface area contributed by atoms with E-state index in [0.717, 1.165) is 25.1 Å². The zero-order valence-corrected chi connectivity index (χ0v) is 19.7. The molecule has 0 spiro atoms. The standard InChI is InChI=1S/C22H28N6O.HI/c1-17-8-9-20(26-16-17)27-21(29)10-13-25-22(23-2)24-12-5-14-28-15-11-18-6-3-4-7-19(18)28;/h3-4,6-9,11,15-16H,5,10,12-14H2,1-2H3,(H2,23,24,25)(H,26,27,29);1H. The molecule has 0 atom stereocenters. The van der Waals surface area contributed by atoms with Crippen molar-refractivity contribution in [1.82, 2.24) is 20.2 Å². The smallest absolute Gasteiger partial charge is 0.227 e. The number of para-hydroxylation sites is 1. The molecule has 7 nitrogen and oxygen atoms in total. The van der Waals surface area contributed by atoms with E-state index >= 15 is 0 Å². The Morgan fingerprint density at radius 2 is 1.90 bits per heavy atom. The first kappa shape index (κ1) is 23.7. The molecule has 2 heterocycles. The fraction of sp³-hybridized carbons (Fsp3) is 0.318. The van der Waals surface area contributed by atoms with Crippen molar-refractivity contribution in [3.05, 3.63) is 60.4 Å². The van der Waals surface area contributed by atoms with E-state index in [2.05, 4.69) is 67.0 Å². The Bertz CT molecular complexity index is 967.